The minimum Gasteiger partial charge on any atom is -0.355 e. The van der Waals surface area contributed by atoms with E-state index in [0.29, 0.717) is 11.8 Å². The molecule has 2 aliphatic rings. The largest absolute Gasteiger partial charge is 0.355 e. The van der Waals surface area contributed by atoms with Gasteiger partial charge >= 0.3 is 0 Å². The summed E-state index contributed by atoms with van der Waals surface area (Å²) in [6.07, 6.45) is 8.60. The second-order valence-electron chi connectivity index (χ2n) is 8.16. The summed E-state index contributed by atoms with van der Waals surface area (Å²) in [7, 11) is 0. The number of aryl methyl sites for hydroxylation is 2. The van der Waals surface area contributed by atoms with Gasteiger partial charge in [-0.1, -0.05) is 12.1 Å². The fourth-order valence-corrected chi connectivity index (χ4v) is 4.35. The number of hydrogen-bond donors (Lipinski definition) is 0. The molecule has 6 nitrogen and oxygen atoms in total. The Kier molecular flexibility index (Phi) is 4.62. The second kappa shape index (κ2) is 7.43. The fourth-order valence-electron chi connectivity index (χ4n) is 4.35. The lowest BCUT2D eigenvalue weighted by Crippen LogP contribution is -2.46. The van der Waals surface area contributed by atoms with Gasteiger partial charge in [0.25, 0.3) is 0 Å². The predicted octanol–water partition coefficient (Wildman–Crippen LogP) is 3.48. The molecule has 29 heavy (non-hydrogen) atoms. The van der Waals surface area contributed by atoms with Crippen molar-refractivity contribution in [2.24, 2.45) is 0 Å². The van der Waals surface area contributed by atoms with Gasteiger partial charge in [0.05, 0.1) is 5.69 Å². The maximum atomic E-state index is 4.74. The van der Waals surface area contributed by atoms with Crippen LogP contribution in [0.4, 0.5) is 11.6 Å². The number of pyridine rings is 2. The Hall–Kier alpha value is -3.02. The molecular formula is C23H26N6. The molecule has 1 atom stereocenters. The van der Waals surface area contributed by atoms with Crippen LogP contribution in [0.1, 0.15) is 40.8 Å². The van der Waals surface area contributed by atoms with Crippen LogP contribution in [0.2, 0.25) is 0 Å². The van der Waals surface area contributed by atoms with Crippen molar-refractivity contribution in [2.45, 2.75) is 32.1 Å². The molecule has 0 saturated carbocycles. The first kappa shape index (κ1) is 18.0. The topological polar surface area (TPSA) is 58.0 Å². The summed E-state index contributed by atoms with van der Waals surface area (Å²) in [5.74, 6) is 3.03. The molecule has 5 heterocycles. The molecule has 148 valence electrons. The molecule has 0 spiro atoms. The van der Waals surface area contributed by atoms with E-state index in [4.69, 9.17) is 15.0 Å². The van der Waals surface area contributed by atoms with Gasteiger partial charge in [0.15, 0.2) is 5.82 Å². The van der Waals surface area contributed by atoms with Crippen molar-refractivity contribution in [3.63, 3.8) is 0 Å². The number of hydrogen-bond acceptors (Lipinski definition) is 6. The van der Waals surface area contributed by atoms with Crippen LogP contribution in [0.15, 0.2) is 49.1 Å². The molecular weight excluding hydrogens is 360 g/mol. The molecule has 0 amide bonds. The van der Waals surface area contributed by atoms with E-state index in [2.05, 4.69) is 46.8 Å². The Morgan fingerprint density at radius 2 is 1.72 bits per heavy atom. The molecule has 2 aliphatic heterocycles. The van der Waals surface area contributed by atoms with E-state index in [0.717, 1.165) is 55.6 Å². The molecule has 5 rings (SSSR count). The third-order valence-electron chi connectivity index (χ3n) is 6.28. The number of anilines is 2. The molecule has 6 heteroatoms. The summed E-state index contributed by atoms with van der Waals surface area (Å²) in [6, 6.07) is 8.48. The van der Waals surface area contributed by atoms with Gasteiger partial charge < -0.3 is 9.80 Å². The SMILES string of the molecule is Cc1ccc(N2CC(c3nccnc3N3CCC(c4cccnc4)C3)C2)nc1C. The summed E-state index contributed by atoms with van der Waals surface area (Å²) < 4.78 is 0. The maximum Gasteiger partial charge on any atom is 0.150 e. The smallest absolute Gasteiger partial charge is 0.150 e. The first-order valence-corrected chi connectivity index (χ1v) is 10.3. The van der Waals surface area contributed by atoms with E-state index in [1.807, 2.05) is 30.9 Å². The lowest BCUT2D eigenvalue weighted by molar-refractivity contribution is 0.506. The molecule has 2 fully saturated rings. The molecule has 0 aliphatic carbocycles. The number of nitrogens with zero attached hydrogens (tertiary/aromatic N) is 6. The minimum atomic E-state index is 0.402. The highest BCUT2D eigenvalue weighted by Crippen LogP contribution is 2.36. The highest BCUT2D eigenvalue weighted by atomic mass is 15.3. The normalized spacial score (nSPS) is 19.4. The molecule has 0 radical (unpaired) electrons. The Morgan fingerprint density at radius 3 is 2.52 bits per heavy atom. The first-order chi connectivity index (χ1) is 14.2. The van der Waals surface area contributed by atoms with Gasteiger partial charge in [0.1, 0.15) is 5.82 Å². The van der Waals surface area contributed by atoms with E-state index in [1.165, 1.54) is 11.1 Å². The van der Waals surface area contributed by atoms with Crippen molar-refractivity contribution in [3.05, 3.63) is 71.6 Å². The van der Waals surface area contributed by atoms with E-state index in [1.54, 1.807) is 0 Å². The molecule has 1 unspecified atom stereocenters. The van der Waals surface area contributed by atoms with Crippen molar-refractivity contribution in [1.29, 1.82) is 0 Å². The Balaban J connectivity index is 1.30. The van der Waals surface area contributed by atoms with E-state index < -0.39 is 0 Å². The van der Waals surface area contributed by atoms with Gasteiger partial charge in [0.2, 0.25) is 0 Å². The monoisotopic (exact) mass is 386 g/mol. The highest BCUT2D eigenvalue weighted by molar-refractivity contribution is 5.52. The zero-order valence-corrected chi connectivity index (χ0v) is 17.0. The van der Waals surface area contributed by atoms with Crippen LogP contribution < -0.4 is 9.80 Å². The summed E-state index contributed by atoms with van der Waals surface area (Å²) in [4.78, 5) is 23.2. The third-order valence-corrected chi connectivity index (χ3v) is 6.28. The first-order valence-electron chi connectivity index (χ1n) is 10.3. The highest BCUT2D eigenvalue weighted by Gasteiger charge is 2.35. The van der Waals surface area contributed by atoms with Crippen LogP contribution in [0.3, 0.4) is 0 Å². The van der Waals surface area contributed by atoms with Gasteiger partial charge in [0, 0.05) is 68.5 Å². The zero-order valence-electron chi connectivity index (χ0n) is 17.0. The van der Waals surface area contributed by atoms with Crippen molar-refractivity contribution in [1.82, 2.24) is 19.9 Å². The molecule has 0 N–H and O–H groups in total. The third kappa shape index (κ3) is 3.43. The fraction of sp³-hybridized carbons (Fsp3) is 0.391. The zero-order chi connectivity index (χ0) is 19.8. The maximum absolute atomic E-state index is 4.74. The van der Waals surface area contributed by atoms with Gasteiger partial charge in [-0.3, -0.25) is 9.97 Å². The summed E-state index contributed by atoms with van der Waals surface area (Å²) >= 11 is 0. The predicted molar refractivity (Wildman–Crippen MR) is 115 cm³/mol. The Labute approximate surface area is 171 Å². The lowest BCUT2D eigenvalue weighted by atomic mass is 9.95. The molecule has 0 aromatic carbocycles. The van der Waals surface area contributed by atoms with E-state index >= 15 is 0 Å². The van der Waals surface area contributed by atoms with E-state index in [-0.39, 0.29) is 0 Å². The molecule has 3 aromatic heterocycles. The van der Waals surface area contributed by atoms with E-state index in [9.17, 15) is 0 Å². The average molecular weight is 387 g/mol. The van der Waals surface area contributed by atoms with Gasteiger partial charge in [-0.15, -0.1) is 0 Å². The van der Waals surface area contributed by atoms with Crippen molar-refractivity contribution < 1.29 is 0 Å². The van der Waals surface area contributed by atoms with Crippen LogP contribution in [-0.2, 0) is 0 Å². The van der Waals surface area contributed by atoms with Gasteiger partial charge in [-0.25, -0.2) is 9.97 Å². The molecule has 3 aromatic rings. The van der Waals surface area contributed by atoms with Gasteiger partial charge in [-0.2, -0.15) is 0 Å². The summed E-state index contributed by atoms with van der Waals surface area (Å²) in [5.41, 5.74) is 4.78. The second-order valence-corrected chi connectivity index (χ2v) is 8.16. The number of aromatic nitrogens is 4. The van der Waals surface area contributed by atoms with Crippen molar-refractivity contribution >= 4 is 11.6 Å². The Bertz CT molecular complexity index is 999. The standard InChI is InChI=1S/C23H26N6/c1-16-5-6-21(27-17(16)2)29-14-20(15-29)22-23(26-10-9-25-22)28-11-7-19(13-28)18-4-3-8-24-12-18/h3-6,8-10,12,19-20H,7,11,13-15H2,1-2H3. The van der Waals surface area contributed by atoms with Crippen LogP contribution in [0, 0.1) is 13.8 Å². The summed E-state index contributed by atoms with van der Waals surface area (Å²) in [6.45, 7) is 8.06. The van der Waals surface area contributed by atoms with Crippen LogP contribution in [-0.4, -0.2) is 46.1 Å². The van der Waals surface area contributed by atoms with Crippen molar-refractivity contribution in [2.75, 3.05) is 36.0 Å². The van der Waals surface area contributed by atoms with Crippen LogP contribution >= 0.6 is 0 Å². The minimum absolute atomic E-state index is 0.402. The van der Waals surface area contributed by atoms with Crippen LogP contribution in [0.25, 0.3) is 0 Å². The quantitative estimate of drug-likeness (QED) is 0.684. The molecule has 0 bridgehead atoms. The lowest BCUT2D eigenvalue weighted by Gasteiger charge is -2.41. The Morgan fingerprint density at radius 1 is 0.897 bits per heavy atom. The average Bonchev–Trinajstić information content (AvgIpc) is 3.21. The summed E-state index contributed by atoms with van der Waals surface area (Å²) in [5, 5.41) is 0. The van der Waals surface area contributed by atoms with Crippen LogP contribution in [0.5, 0.6) is 0 Å². The number of rotatable bonds is 4. The van der Waals surface area contributed by atoms with Gasteiger partial charge in [-0.05, 0) is 43.5 Å². The van der Waals surface area contributed by atoms with Crippen molar-refractivity contribution in [3.8, 4) is 0 Å². The molecule has 2 saturated heterocycles.